The maximum absolute atomic E-state index is 12.7. The molecule has 2 aromatic rings. The van der Waals surface area contributed by atoms with Crippen LogP contribution in [0.25, 0.3) is 0 Å². The molecule has 27 heavy (non-hydrogen) atoms. The summed E-state index contributed by atoms with van der Waals surface area (Å²) in [5.41, 5.74) is 0. The summed E-state index contributed by atoms with van der Waals surface area (Å²) in [7, 11) is -3.39. The van der Waals surface area contributed by atoms with E-state index in [2.05, 4.69) is 0 Å². The molecule has 0 amide bonds. The Kier molecular flexibility index (Phi) is 6.98. The summed E-state index contributed by atoms with van der Waals surface area (Å²) >= 11 is 0. The quantitative estimate of drug-likeness (QED) is 0.630. The Balaban J connectivity index is 1.74. The van der Waals surface area contributed by atoms with Crippen molar-refractivity contribution in [2.75, 3.05) is 46.3 Å². The van der Waals surface area contributed by atoms with Gasteiger partial charge in [-0.1, -0.05) is 12.1 Å². The fourth-order valence-electron chi connectivity index (χ4n) is 2.40. The first-order valence-electron chi connectivity index (χ1n) is 8.69. The minimum absolute atomic E-state index is 0.388. The molecule has 146 valence electrons. The van der Waals surface area contributed by atoms with Gasteiger partial charge in [0.25, 0.3) is 0 Å². The third-order valence-corrected chi connectivity index (χ3v) is 4.60. The normalized spacial score (nSPS) is 18.3. The Bertz CT molecular complexity index is 719. The van der Waals surface area contributed by atoms with E-state index < -0.39 is 7.60 Å². The van der Waals surface area contributed by atoms with E-state index in [0.29, 0.717) is 62.6 Å². The van der Waals surface area contributed by atoms with Crippen LogP contribution in [0.1, 0.15) is 0 Å². The number of hydrogen-bond acceptors (Lipinski definition) is 7. The molecule has 0 atom stereocenters. The fourth-order valence-corrected chi connectivity index (χ4v) is 3.43. The number of hydrogen-bond donors (Lipinski definition) is 0. The molecule has 1 aliphatic rings. The molecule has 0 N–H and O–H groups in total. The van der Waals surface area contributed by atoms with Gasteiger partial charge in [-0.2, -0.15) is 0 Å². The van der Waals surface area contributed by atoms with E-state index in [4.69, 9.17) is 28.0 Å². The second-order valence-corrected chi connectivity index (χ2v) is 7.73. The van der Waals surface area contributed by atoms with E-state index in [1.54, 1.807) is 48.5 Å². The van der Waals surface area contributed by atoms with Gasteiger partial charge in [0.05, 0.1) is 33.1 Å². The number of fused-ring (bicyclic) bond motifs is 4. The van der Waals surface area contributed by atoms with Crippen LogP contribution in [0.5, 0.6) is 23.0 Å². The van der Waals surface area contributed by atoms with Gasteiger partial charge < -0.3 is 28.0 Å². The first kappa shape index (κ1) is 19.5. The predicted molar refractivity (Wildman–Crippen MR) is 100 cm³/mol. The largest absolute Gasteiger partial charge is 0.491 e. The second kappa shape index (κ2) is 9.65. The van der Waals surface area contributed by atoms with Gasteiger partial charge in [-0.15, -0.1) is 0 Å². The predicted octanol–water partition coefficient (Wildman–Crippen LogP) is 3.77. The molecular formula is C19H23O7P. The van der Waals surface area contributed by atoms with Crippen molar-refractivity contribution in [2.45, 2.75) is 0 Å². The molecule has 1 aliphatic heterocycles. The van der Waals surface area contributed by atoms with Crippen LogP contribution in [-0.2, 0) is 14.0 Å². The zero-order valence-electron chi connectivity index (χ0n) is 15.2. The highest BCUT2D eigenvalue weighted by atomic mass is 31.2. The molecule has 0 saturated carbocycles. The van der Waals surface area contributed by atoms with Crippen molar-refractivity contribution in [2.24, 2.45) is 0 Å². The van der Waals surface area contributed by atoms with Crippen molar-refractivity contribution in [1.82, 2.24) is 0 Å². The Labute approximate surface area is 158 Å². The Hall–Kier alpha value is -2.21. The van der Waals surface area contributed by atoms with Gasteiger partial charge >= 0.3 is 7.60 Å². The Morgan fingerprint density at radius 1 is 0.667 bits per heavy atom. The number of benzene rings is 2. The van der Waals surface area contributed by atoms with Crippen LogP contribution in [0.3, 0.4) is 0 Å². The van der Waals surface area contributed by atoms with Gasteiger partial charge in [-0.25, -0.2) is 4.57 Å². The van der Waals surface area contributed by atoms with Gasteiger partial charge in [0.2, 0.25) is 0 Å². The fraction of sp³-hybridized carbons (Fsp3) is 0.368. The van der Waals surface area contributed by atoms with Crippen molar-refractivity contribution in [3.63, 3.8) is 0 Å². The maximum Gasteiger partial charge on any atom is 0.427 e. The first-order chi connectivity index (χ1) is 13.1. The minimum atomic E-state index is -3.39. The molecule has 3 rings (SSSR count). The second-order valence-electron chi connectivity index (χ2n) is 5.83. The lowest BCUT2D eigenvalue weighted by Crippen LogP contribution is -2.13. The molecule has 0 saturated heterocycles. The monoisotopic (exact) mass is 394 g/mol. The third kappa shape index (κ3) is 6.79. The Morgan fingerprint density at radius 2 is 1.07 bits per heavy atom. The van der Waals surface area contributed by atoms with Crippen molar-refractivity contribution in [1.29, 1.82) is 0 Å². The van der Waals surface area contributed by atoms with Gasteiger partial charge in [-0.05, 0) is 24.3 Å². The molecule has 0 aliphatic carbocycles. The van der Waals surface area contributed by atoms with E-state index in [1.807, 2.05) is 0 Å². The highest BCUT2D eigenvalue weighted by Crippen LogP contribution is 2.45. The van der Waals surface area contributed by atoms with Crippen LogP contribution < -0.4 is 18.5 Å². The summed E-state index contributed by atoms with van der Waals surface area (Å²) in [6.07, 6.45) is 0. The van der Waals surface area contributed by atoms with Crippen molar-refractivity contribution in [3.05, 3.63) is 48.5 Å². The Morgan fingerprint density at radius 3 is 1.56 bits per heavy atom. The lowest BCUT2D eigenvalue weighted by Gasteiger charge is -2.17. The molecule has 4 bridgehead atoms. The minimum Gasteiger partial charge on any atom is -0.491 e. The van der Waals surface area contributed by atoms with Crippen LogP contribution in [-0.4, -0.2) is 46.3 Å². The lowest BCUT2D eigenvalue weighted by molar-refractivity contribution is 0.0273. The van der Waals surface area contributed by atoms with Crippen LogP contribution in [0.2, 0.25) is 0 Å². The molecule has 7 nitrogen and oxygen atoms in total. The highest BCUT2D eigenvalue weighted by Gasteiger charge is 2.21. The summed E-state index contributed by atoms with van der Waals surface area (Å²) in [6.45, 7) is 4.03. The van der Waals surface area contributed by atoms with E-state index >= 15 is 0 Å². The van der Waals surface area contributed by atoms with Gasteiger partial charge in [0.1, 0.15) is 36.2 Å². The zero-order valence-corrected chi connectivity index (χ0v) is 16.1. The van der Waals surface area contributed by atoms with E-state index in [1.165, 1.54) is 6.66 Å². The summed E-state index contributed by atoms with van der Waals surface area (Å²) in [5.74, 6) is 2.00. The molecule has 1 heterocycles. The maximum atomic E-state index is 12.7. The van der Waals surface area contributed by atoms with Crippen LogP contribution in [0.4, 0.5) is 0 Å². The van der Waals surface area contributed by atoms with Crippen molar-refractivity contribution < 1.29 is 32.6 Å². The van der Waals surface area contributed by atoms with Crippen molar-refractivity contribution in [3.8, 4) is 23.0 Å². The van der Waals surface area contributed by atoms with Crippen LogP contribution in [0, 0.1) is 0 Å². The molecule has 0 unspecified atom stereocenters. The molecule has 0 aromatic heterocycles. The first-order valence-corrected chi connectivity index (χ1v) is 10.7. The van der Waals surface area contributed by atoms with Gasteiger partial charge in [-0.3, -0.25) is 0 Å². The van der Waals surface area contributed by atoms with E-state index in [-0.39, 0.29) is 0 Å². The lowest BCUT2D eigenvalue weighted by atomic mass is 10.3. The smallest absolute Gasteiger partial charge is 0.427 e. The SMILES string of the molecule is CP1(=O)Oc2cccc(c2)OCCOCCOCCOc2cccc(c2)O1. The summed E-state index contributed by atoms with van der Waals surface area (Å²) < 4.78 is 46.0. The molecule has 8 heteroatoms. The third-order valence-electron chi connectivity index (χ3n) is 3.52. The summed E-state index contributed by atoms with van der Waals surface area (Å²) in [5, 5.41) is 0. The molecule has 0 fully saturated rings. The zero-order chi connectivity index (χ0) is 19.0. The molecule has 2 aromatic carbocycles. The summed E-state index contributed by atoms with van der Waals surface area (Å²) in [6, 6.07) is 13.8. The van der Waals surface area contributed by atoms with Gasteiger partial charge in [0.15, 0.2) is 0 Å². The standard InChI is InChI=1S/C19H23O7P/c1-27(20)25-18-6-2-4-16(14-18)23-12-10-21-8-9-22-11-13-24-17-5-3-7-19(15-17)26-27/h2-7,14-15H,8-13H2,1H3. The number of ether oxygens (including phenoxy) is 4. The highest BCUT2D eigenvalue weighted by molar-refractivity contribution is 7.53. The van der Waals surface area contributed by atoms with Crippen LogP contribution in [0.15, 0.2) is 48.5 Å². The van der Waals surface area contributed by atoms with E-state index in [0.717, 1.165) is 0 Å². The molecule has 0 spiro atoms. The van der Waals surface area contributed by atoms with Gasteiger partial charge in [0, 0.05) is 12.1 Å². The molecule has 0 radical (unpaired) electrons. The van der Waals surface area contributed by atoms with Crippen LogP contribution >= 0.6 is 7.60 Å². The van der Waals surface area contributed by atoms with Crippen molar-refractivity contribution >= 4 is 7.60 Å². The topological polar surface area (TPSA) is 72.5 Å². The summed E-state index contributed by atoms with van der Waals surface area (Å²) in [4.78, 5) is 0. The molecular weight excluding hydrogens is 371 g/mol. The van der Waals surface area contributed by atoms with E-state index in [9.17, 15) is 4.57 Å². The average molecular weight is 394 g/mol. The average Bonchev–Trinajstić information content (AvgIpc) is 2.62. The number of rotatable bonds is 0.